The molecule has 0 spiro atoms. The van der Waals surface area contributed by atoms with Crippen LogP contribution in [0.3, 0.4) is 0 Å². The topological polar surface area (TPSA) is 235 Å². The summed E-state index contributed by atoms with van der Waals surface area (Å²) in [4.78, 5) is 53.6. The number of aliphatic carboxylic acids is 1. The number of carbonyl (C=O) groups is 4. The molecule has 0 radical (unpaired) electrons. The zero-order valence-electron chi connectivity index (χ0n) is 21.4. The van der Waals surface area contributed by atoms with Crippen LogP contribution < -0.4 is 33.2 Å². The maximum absolute atomic E-state index is 13.1. The molecule has 210 valence electrons. The molecule has 13 heteroatoms. The van der Waals surface area contributed by atoms with E-state index in [2.05, 4.69) is 20.9 Å². The molecule has 0 unspecified atom stereocenters. The second kappa shape index (κ2) is 15.6. The quantitative estimate of drug-likeness (QED) is 0.0761. The zero-order chi connectivity index (χ0) is 28.8. The molecule has 0 saturated carbocycles. The number of carboxylic acid groups (broad SMARTS) is 1. The summed E-state index contributed by atoms with van der Waals surface area (Å²) in [5, 5.41) is 26.6. The first kappa shape index (κ1) is 30.6. The Kier molecular flexibility index (Phi) is 12.2. The molecule has 3 amide bonds. The molecule has 2 aromatic rings. The molecule has 0 bridgehead atoms. The minimum Gasteiger partial charge on any atom is -0.508 e. The number of hydrogen-bond donors (Lipinski definition) is 8. The molecular weight excluding hydrogens is 506 g/mol. The summed E-state index contributed by atoms with van der Waals surface area (Å²) >= 11 is 0. The van der Waals surface area contributed by atoms with Crippen molar-refractivity contribution in [2.45, 2.75) is 43.8 Å². The van der Waals surface area contributed by atoms with Crippen molar-refractivity contribution in [1.82, 2.24) is 16.0 Å². The Labute approximate surface area is 225 Å². The van der Waals surface area contributed by atoms with E-state index in [4.69, 9.17) is 17.2 Å². The van der Waals surface area contributed by atoms with Gasteiger partial charge in [-0.3, -0.25) is 19.4 Å². The van der Waals surface area contributed by atoms with Crippen molar-refractivity contribution in [2.75, 3.05) is 13.1 Å². The van der Waals surface area contributed by atoms with Crippen LogP contribution in [-0.4, -0.2) is 71.1 Å². The van der Waals surface area contributed by atoms with Crippen molar-refractivity contribution < 1.29 is 29.4 Å². The van der Waals surface area contributed by atoms with Crippen LogP contribution in [0.25, 0.3) is 0 Å². The van der Waals surface area contributed by atoms with Gasteiger partial charge < -0.3 is 43.4 Å². The van der Waals surface area contributed by atoms with Crippen molar-refractivity contribution in [2.24, 2.45) is 22.2 Å². The summed E-state index contributed by atoms with van der Waals surface area (Å²) in [7, 11) is 0. The Balaban J connectivity index is 2.02. The van der Waals surface area contributed by atoms with Crippen molar-refractivity contribution in [1.29, 1.82) is 0 Å². The Morgan fingerprint density at radius 3 is 2.08 bits per heavy atom. The van der Waals surface area contributed by atoms with Crippen LogP contribution in [0.2, 0.25) is 0 Å². The number of nitrogens with two attached hydrogens (primary N) is 3. The molecule has 2 aromatic carbocycles. The summed E-state index contributed by atoms with van der Waals surface area (Å²) in [6, 6.07) is 11.5. The number of amides is 3. The predicted molar refractivity (Wildman–Crippen MR) is 144 cm³/mol. The van der Waals surface area contributed by atoms with Crippen LogP contribution in [0, 0.1) is 0 Å². The predicted octanol–water partition coefficient (Wildman–Crippen LogP) is -1.27. The maximum Gasteiger partial charge on any atom is 0.326 e. The van der Waals surface area contributed by atoms with E-state index in [1.165, 1.54) is 12.1 Å². The average molecular weight is 542 g/mol. The Hall–Kier alpha value is -4.65. The van der Waals surface area contributed by atoms with Crippen LogP contribution in [0.5, 0.6) is 5.75 Å². The highest BCUT2D eigenvalue weighted by molar-refractivity contribution is 5.92. The summed E-state index contributed by atoms with van der Waals surface area (Å²) in [6.45, 7) is -0.147. The van der Waals surface area contributed by atoms with Gasteiger partial charge in [-0.15, -0.1) is 0 Å². The molecule has 3 atom stereocenters. The van der Waals surface area contributed by atoms with Gasteiger partial charge in [-0.1, -0.05) is 42.5 Å². The van der Waals surface area contributed by atoms with Gasteiger partial charge in [-0.05, 0) is 36.1 Å². The van der Waals surface area contributed by atoms with Crippen LogP contribution in [-0.2, 0) is 32.0 Å². The molecule has 11 N–H and O–H groups in total. The van der Waals surface area contributed by atoms with E-state index >= 15 is 0 Å². The molecule has 0 aliphatic carbocycles. The number of rotatable bonds is 15. The molecule has 0 saturated heterocycles. The molecule has 13 nitrogen and oxygen atoms in total. The maximum atomic E-state index is 13.1. The monoisotopic (exact) mass is 541 g/mol. The van der Waals surface area contributed by atoms with Gasteiger partial charge in [0.2, 0.25) is 17.7 Å². The fourth-order valence-electron chi connectivity index (χ4n) is 3.59. The number of phenols is 1. The van der Waals surface area contributed by atoms with Gasteiger partial charge in [-0.25, -0.2) is 4.79 Å². The number of phenolic OH excluding ortho intramolecular Hbond substituents is 1. The third kappa shape index (κ3) is 11.5. The van der Waals surface area contributed by atoms with Crippen LogP contribution in [0.4, 0.5) is 0 Å². The first-order valence-electron chi connectivity index (χ1n) is 12.3. The third-order valence-electron chi connectivity index (χ3n) is 5.65. The summed E-state index contributed by atoms with van der Waals surface area (Å²) in [6.07, 6.45) is 0.794. The number of nitrogens with zero attached hydrogens (tertiary/aromatic N) is 1. The summed E-state index contributed by atoms with van der Waals surface area (Å²) < 4.78 is 0. The van der Waals surface area contributed by atoms with E-state index in [1.807, 2.05) is 0 Å². The lowest BCUT2D eigenvalue weighted by Gasteiger charge is -2.22. The molecule has 0 aliphatic heterocycles. The highest BCUT2D eigenvalue weighted by Gasteiger charge is 2.27. The van der Waals surface area contributed by atoms with Gasteiger partial charge in [0, 0.05) is 19.4 Å². The number of benzene rings is 2. The fraction of sp³-hybridized carbons (Fsp3) is 0.346. The van der Waals surface area contributed by atoms with Gasteiger partial charge in [0.1, 0.15) is 17.8 Å². The largest absolute Gasteiger partial charge is 0.508 e. The lowest BCUT2D eigenvalue weighted by Crippen LogP contribution is -2.54. The van der Waals surface area contributed by atoms with E-state index in [9.17, 15) is 29.4 Å². The first-order valence-corrected chi connectivity index (χ1v) is 12.3. The summed E-state index contributed by atoms with van der Waals surface area (Å²) in [5.41, 5.74) is 17.6. The normalized spacial score (nSPS) is 12.8. The Morgan fingerprint density at radius 1 is 0.846 bits per heavy atom. The van der Waals surface area contributed by atoms with Gasteiger partial charge in [-0.2, -0.15) is 0 Å². The van der Waals surface area contributed by atoms with Crippen LogP contribution >= 0.6 is 0 Å². The molecule has 2 rings (SSSR count). The van der Waals surface area contributed by atoms with E-state index in [0.29, 0.717) is 24.1 Å². The minimum absolute atomic E-state index is 0.00772. The standard InChI is InChI=1S/C26H35N7O6/c27-19(7-4-12-30-26(28)29)23(36)31-15-22(35)32-20(13-17-8-10-18(34)11-9-17)24(37)33-21(25(38)39)14-16-5-2-1-3-6-16/h1-3,5-6,8-11,19-21,34H,4,7,12-15,27H2,(H,31,36)(H,32,35)(H,33,37)(H,38,39)(H4,28,29,30)/t19-,20-,21-/m0/s1. The smallest absolute Gasteiger partial charge is 0.326 e. The SMILES string of the molecule is NC(N)=NCCC[C@H](N)C(=O)NCC(=O)N[C@@H](Cc1ccc(O)cc1)C(=O)N[C@@H](Cc1ccccc1)C(=O)O. The van der Waals surface area contributed by atoms with Gasteiger partial charge in [0.15, 0.2) is 5.96 Å². The van der Waals surface area contributed by atoms with Gasteiger partial charge >= 0.3 is 5.97 Å². The van der Waals surface area contributed by atoms with Crippen LogP contribution in [0.15, 0.2) is 59.6 Å². The van der Waals surface area contributed by atoms with Crippen molar-refractivity contribution in [3.05, 3.63) is 65.7 Å². The number of carboxylic acids is 1. The fourth-order valence-corrected chi connectivity index (χ4v) is 3.59. The van der Waals surface area contributed by atoms with E-state index in [1.54, 1.807) is 42.5 Å². The number of hydrogen-bond acceptors (Lipinski definition) is 7. The highest BCUT2D eigenvalue weighted by atomic mass is 16.4. The number of aliphatic imine (C=N–C) groups is 1. The molecule has 39 heavy (non-hydrogen) atoms. The minimum atomic E-state index is -1.24. The zero-order valence-corrected chi connectivity index (χ0v) is 21.4. The lowest BCUT2D eigenvalue weighted by molar-refractivity contribution is -0.142. The third-order valence-corrected chi connectivity index (χ3v) is 5.65. The lowest BCUT2D eigenvalue weighted by atomic mass is 10.0. The summed E-state index contributed by atoms with van der Waals surface area (Å²) in [5.74, 6) is -3.24. The van der Waals surface area contributed by atoms with Crippen LogP contribution in [0.1, 0.15) is 24.0 Å². The Morgan fingerprint density at radius 2 is 1.46 bits per heavy atom. The van der Waals surface area contributed by atoms with Gasteiger partial charge in [0.05, 0.1) is 12.6 Å². The number of guanidine groups is 1. The highest BCUT2D eigenvalue weighted by Crippen LogP contribution is 2.12. The molecule has 0 fully saturated rings. The molecular formula is C26H35N7O6. The van der Waals surface area contributed by atoms with Crippen molar-refractivity contribution in [3.8, 4) is 5.75 Å². The average Bonchev–Trinajstić information content (AvgIpc) is 2.90. The second-order valence-electron chi connectivity index (χ2n) is 8.85. The Bertz CT molecular complexity index is 1140. The van der Waals surface area contributed by atoms with E-state index in [-0.39, 0.29) is 31.0 Å². The van der Waals surface area contributed by atoms with Gasteiger partial charge in [0.25, 0.3) is 0 Å². The first-order chi connectivity index (χ1) is 18.5. The van der Waals surface area contributed by atoms with E-state index in [0.717, 1.165) is 0 Å². The molecule has 0 aromatic heterocycles. The second-order valence-corrected chi connectivity index (χ2v) is 8.85. The van der Waals surface area contributed by atoms with Crippen molar-refractivity contribution >= 4 is 29.7 Å². The number of carbonyl (C=O) groups excluding carboxylic acids is 3. The molecule has 0 heterocycles. The number of nitrogens with one attached hydrogen (secondary N) is 3. The number of aromatic hydroxyl groups is 1. The molecule has 0 aliphatic rings. The van der Waals surface area contributed by atoms with E-state index < -0.39 is 48.4 Å². The van der Waals surface area contributed by atoms with Crippen molar-refractivity contribution in [3.63, 3.8) is 0 Å².